The Balaban J connectivity index is 1.46. The molecule has 0 radical (unpaired) electrons. The van der Waals surface area contributed by atoms with Crippen LogP contribution in [0.2, 0.25) is 0 Å². The van der Waals surface area contributed by atoms with Crippen LogP contribution < -0.4 is 9.47 Å². The van der Waals surface area contributed by atoms with Crippen LogP contribution in [0.4, 0.5) is 0 Å². The molecule has 1 heterocycles. The highest BCUT2D eigenvalue weighted by atomic mass is 16.6. The number of fused-ring (bicyclic) bond motifs is 1. The summed E-state index contributed by atoms with van der Waals surface area (Å²) in [5.41, 5.74) is 3.12. The van der Waals surface area contributed by atoms with E-state index < -0.39 is 5.60 Å². The summed E-state index contributed by atoms with van der Waals surface area (Å²) in [6.45, 7) is 8.05. The van der Waals surface area contributed by atoms with Gasteiger partial charge in [0.15, 0.2) is 5.60 Å². The van der Waals surface area contributed by atoms with Crippen molar-refractivity contribution in [2.24, 2.45) is 0 Å². The van der Waals surface area contributed by atoms with Crippen molar-refractivity contribution in [1.29, 1.82) is 0 Å². The first-order valence-electron chi connectivity index (χ1n) is 12.0. The minimum atomic E-state index is -1.05. The minimum Gasteiger partial charge on any atom is -0.493 e. The number of aryl methyl sites for hydroxylation is 1. The maximum Gasteiger partial charge on any atom is 0.349 e. The van der Waals surface area contributed by atoms with Crippen LogP contribution >= 0.6 is 0 Å². The Morgan fingerprint density at radius 2 is 1.71 bits per heavy atom. The molecule has 0 spiro atoms. The van der Waals surface area contributed by atoms with Crippen LogP contribution in [-0.4, -0.2) is 29.8 Å². The Hall–Kier alpha value is -3.28. The normalized spacial score (nSPS) is 13.3. The molecule has 0 atom stereocenters. The number of ether oxygens (including phenoxy) is 3. The number of carbonyl (C=O) groups is 1. The molecule has 1 aliphatic rings. The predicted octanol–water partition coefficient (Wildman–Crippen LogP) is 5.87. The first-order chi connectivity index (χ1) is 16.4. The first-order valence-corrected chi connectivity index (χ1v) is 12.0. The number of aromatic nitrogens is 1. The zero-order chi connectivity index (χ0) is 24.1. The van der Waals surface area contributed by atoms with Gasteiger partial charge >= 0.3 is 5.97 Å². The molecule has 0 bridgehead atoms. The molecule has 0 amide bonds. The van der Waals surface area contributed by atoms with Gasteiger partial charge in [-0.2, -0.15) is 0 Å². The lowest BCUT2D eigenvalue weighted by atomic mass is 9.90. The summed E-state index contributed by atoms with van der Waals surface area (Å²) in [7, 11) is 0. The molecule has 0 saturated carbocycles. The minimum absolute atomic E-state index is 0.328. The van der Waals surface area contributed by atoms with Gasteiger partial charge in [0, 0.05) is 23.1 Å². The first kappa shape index (κ1) is 23.9. The molecule has 34 heavy (non-hydrogen) atoms. The van der Waals surface area contributed by atoms with Crippen molar-refractivity contribution in [2.45, 2.75) is 65.4 Å². The number of benzene rings is 2. The molecule has 6 heteroatoms. The van der Waals surface area contributed by atoms with Crippen molar-refractivity contribution in [2.75, 3.05) is 13.2 Å². The van der Waals surface area contributed by atoms with Crippen molar-refractivity contribution in [3.05, 3.63) is 65.0 Å². The fourth-order valence-corrected chi connectivity index (χ4v) is 4.28. The summed E-state index contributed by atoms with van der Waals surface area (Å²) in [5, 5.41) is 0. The molecular formula is C28H33NO5. The van der Waals surface area contributed by atoms with Gasteiger partial charge in [0.2, 0.25) is 5.89 Å². The van der Waals surface area contributed by atoms with Gasteiger partial charge in [-0.25, -0.2) is 9.78 Å². The zero-order valence-electron chi connectivity index (χ0n) is 20.5. The third-order valence-electron chi connectivity index (χ3n) is 6.09. The van der Waals surface area contributed by atoms with Crippen LogP contribution in [0.1, 0.15) is 56.2 Å². The molecule has 3 aromatic rings. The monoisotopic (exact) mass is 463 g/mol. The van der Waals surface area contributed by atoms with Crippen molar-refractivity contribution < 1.29 is 23.4 Å². The lowest BCUT2D eigenvalue weighted by Gasteiger charge is -2.28. The number of rotatable bonds is 9. The predicted molar refractivity (Wildman–Crippen MR) is 130 cm³/mol. The van der Waals surface area contributed by atoms with Gasteiger partial charge in [0.25, 0.3) is 0 Å². The fourth-order valence-electron chi connectivity index (χ4n) is 4.28. The second-order valence-electron chi connectivity index (χ2n) is 9.05. The van der Waals surface area contributed by atoms with Crippen molar-refractivity contribution in [3.63, 3.8) is 0 Å². The van der Waals surface area contributed by atoms with Gasteiger partial charge in [0.1, 0.15) is 17.3 Å². The number of carbonyl (C=O) groups excluding carboxylic acids is 1. The molecule has 0 aliphatic heterocycles. The average molecular weight is 464 g/mol. The number of hydrogen-bond donors (Lipinski definition) is 0. The van der Waals surface area contributed by atoms with Crippen LogP contribution in [0.25, 0.3) is 11.5 Å². The highest BCUT2D eigenvalue weighted by Gasteiger charge is 2.33. The number of esters is 1. The average Bonchev–Trinajstić information content (AvgIpc) is 3.21. The molecule has 2 aromatic carbocycles. The Morgan fingerprint density at radius 1 is 1.03 bits per heavy atom. The molecular weight excluding hydrogens is 430 g/mol. The Kier molecular flexibility index (Phi) is 7.25. The lowest BCUT2D eigenvalue weighted by molar-refractivity contribution is -0.158. The highest BCUT2D eigenvalue weighted by Crippen LogP contribution is 2.38. The van der Waals surface area contributed by atoms with Crippen LogP contribution in [0, 0.1) is 6.92 Å². The van der Waals surface area contributed by atoms with E-state index in [1.807, 2.05) is 49.4 Å². The van der Waals surface area contributed by atoms with E-state index in [9.17, 15) is 4.79 Å². The standard InChI is InChI=1S/C28H33NO5/c1-5-31-27(30)28(3,4)34-25-16-15-24(21-13-9-10-14-22(21)25)32-18-17-23-19(2)33-26(29-23)20-11-7-6-8-12-20/h6-8,11-12,15-16H,5,9-10,13-14,17-18H2,1-4H3. The van der Waals surface area contributed by atoms with Crippen LogP contribution in [-0.2, 0) is 28.8 Å². The maximum absolute atomic E-state index is 12.3. The van der Waals surface area contributed by atoms with E-state index in [0.29, 0.717) is 25.5 Å². The van der Waals surface area contributed by atoms with Gasteiger partial charge in [-0.15, -0.1) is 0 Å². The van der Waals surface area contributed by atoms with Crippen LogP contribution in [0.5, 0.6) is 11.5 Å². The van der Waals surface area contributed by atoms with Gasteiger partial charge in [-0.1, -0.05) is 18.2 Å². The van der Waals surface area contributed by atoms with Crippen LogP contribution in [0.3, 0.4) is 0 Å². The third-order valence-corrected chi connectivity index (χ3v) is 6.09. The number of oxazole rings is 1. The van der Waals surface area contributed by atoms with Crippen molar-refractivity contribution in [3.8, 4) is 23.0 Å². The number of nitrogens with zero attached hydrogens (tertiary/aromatic N) is 1. The summed E-state index contributed by atoms with van der Waals surface area (Å²) in [6.07, 6.45) is 4.70. The SMILES string of the molecule is CCOC(=O)C(C)(C)Oc1ccc(OCCc2nc(-c3ccccc3)oc2C)c2c1CCCC2. The molecule has 1 aliphatic carbocycles. The Labute approximate surface area is 201 Å². The molecule has 0 N–H and O–H groups in total. The molecule has 0 unspecified atom stereocenters. The van der Waals surface area contributed by atoms with Gasteiger partial charge in [0.05, 0.1) is 18.9 Å². The zero-order valence-corrected chi connectivity index (χ0v) is 20.5. The fraction of sp³-hybridized carbons (Fsp3) is 0.429. The van der Waals surface area contributed by atoms with Gasteiger partial charge < -0.3 is 18.6 Å². The maximum atomic E-state index is 12.3. The van der Waals surface area contributed by atoms with E-state index >= 15 is 0 Å². The topological polar surface area (TPSA) is 70.8 Å². The molecule has 1 aromatic heterocycles. The molecule has 0 saturated heterocycles. The summed E-state index contributed by atoms with van der Waals surface area (Å²) in [4.78, 5) is 17.0. The van der Waals surface area contributed by atoms with Gasteiger partial charge in [-0.3, -0.25) is 0 Å². The van der Waals surface area contributed by atoms with E-state index in [1.165, 1.54) is 5.56 Å². The van der Waals surface area contributed by atoms with E-state index in [-0.39, 0.29) is 5.97 Å². The van der Waals surface area contributed by atoms with Crippen molar-refractivity contribution in [1.82, 2.24) is 4.98 Å². The second kappa shape index (κ2) is 10.3. The molecule has 4 rings (SSSR count). The lowest BCUT2D eigenvalue weighted by Crippen LogP contribution is -2.40. The van der Waals surface area contributed by atoms with Crippen molar-refractivity contribution >= 4 is 5.97 Å². The summed E-state index contributed by atoms with van der Waals surface area (Å²) < 4.78 is 23.4. The molecule has 6 nitrogen and oxygen atoms in total. The van der Waals surface area contributed by atoms with Crippen LogP contribution in [0.15, 0.2) is 46.9 Å². The van der Waals surface area contributed by atoms with E-state index in [4.69, 9.17) is 18.6 Å². The summed E-state index contributed by atoms with van der Waals surface area (Å²) >= 11 is 0. The van der Waals surface area contributed by atoms with E-state index in [2.05, 4.69) is 4.98 Å². The third kappa shape index (κ3) is 5.27. The van der Waals surface area contributed by atoms with E-state index in [0.717, 1.165) is 59.8 Å². The van der Waals surface area contributed by atoms with Gasteiger partial charge in [-0.05, 0) is 77.6 Å². The number of hydrogen-bond acceptors (Lipinski definition) is 6. The molecule has 180 valence electrons. The Bertz CT molecular complexity index is 1130. The largest absolute Gasteiger partial charge is 0.493 e. The Morgan fingerprint density at radius 3 is 2.41 bits per heavy atom. The highest BCUT2D eigenvalue weighted by molar-refractivity contribution is 5.79. The quantitative estimate of drug-likeness (QED) is 0.370. The summed E-state index contributed by atoms with van der Waals surface area (Å²) in [6, 6.07) is 13.8. The molecule has 0 fully saturated rings. The second-order valence-corrected chi connectivity index (χ2v) is 9.05. The van der Waals surface area contributed by atoms with E-state index in [1.54, 1.807) is 20.8 Å². The summed E-state index contributed by atoms with van der Waals surface area (Å²) in [5.74, 6) is 2.70. The smallest absolute Gasteiger partial charge is 0.349 e.